The van der Waals surface area contributed by atoms with Crippen LogP contribution in [0.15, 0.2) is 60.7 Å². The summed E-state index contributed by atoms with van der Waals surface area (Å²) < 4.78 is 16.3. The standard InChI is InChI=1S/C20H15ClFN3/c1-2-13-11-14(21)7-9-16(13)17-12-15(8-10-18(17)22)25-20-6-4-3-5-19(20)23-24-25/h3-12H,2H2,1H3. The molecule has 5 heteroatoms. The van der Waals surface area contributed by atoms with Crippen molar-refractivity contribution in [2.75, 3.05) is 0 Å². The Labute approximate surface area is 149 Å². The smallest absolute Gasteiger partial charge is 0.131 e. The molecule has 0 radical (unpaired) electrons. The van der Waals surface area contributed by atoms with Crippen LogP contribution in [0.1, 0.15) is 12.5 Å². The summed E-state index contributed by atoms with van der Waals surface area (Å²) in [6, 6.07) is 18.2. The molecule has 0 unspecified atom stereocenters. The van der Waals surface area contributed by atoms with Gasteiger partial charge in [-0.3, -0.25) is 0 Å². The monoisotopic (exact) mass is 351 g/mol. The van der Waals surface area contributed by atoms with E-state index in [0.29, 0.717) is 10.6 Å². The van der Waals surface area contributed by atoms with E-state index in [1.54, 1.807) is 22.9 Å². The topological polar surface area (TPSA) is 30.7 Å². The van der Waals surface area contributed by atoms with E-state index in [4.69, 9.17) is 11.6 Å². The third kappa shape index (κ3) is 2.79. The number of hydrogen-bond donors (Lipinski definition) is 0. The summed E-state index contributed by atoms with van der Waals surface area (Å²) in [5, 5.41) is 9.03. The molecule has 1 heterocycles. The van der Waals surface area contributed by atoms with Crippen LogP contribution >= 0.6 is 11.6 Å². The SMILES string of the molecule is CCc1cc(Cl)ccc1-c1cc(-n2nnc3ccccc32)ccc1F. The Bertz CT molecular complexity index is 1070. The highest BCUT2D eigenvalue weighted by Crippen LogP contribution is 2.31. The number of aromatic nitrogens is 3. The number of aryl methyl sites for hydroxylation is 1. The van der Waals surface area contributed by atoms with Crippen LogP contribution in [-0.4, -0.2) is 15.0 Å². The van der Waals surface area contributed by atoms with Gasteiger partial charge in [-0.05, 0) is 60.0 Å². The molecule has 0 aliphatic carbocycles. The van der Waals surface area contributed by atoms with Gasteiger partial charge in [0.1, 0.15) is 11.3 Å². The second kappa shape index (κ2) is 6.30. The van der Waals surface area contributed by atoms with Gasteiger partial charge in [0, 0.05) is 10.6 Å². The molecule has 0 aliphatic rings. The normalized spacial score (nSPS) is 11.2. The molecule has 0 atom stereocenters. The second-order valence-corrected chi connectivity index (χ2v) is 6.25. The predicted octanol–water partition coefficient (Wildman–Crippen LogP) is 5.44. The molecule has 4 aromatic rings. The summed E-state index contributed by atoms with van der Waals surface area (Å²) in [5.74, 6) is -0.273. The highest BCUT2D eigenvalue weighted by atomic mass is 35.5. The zero-order chi connectivity index (χ0) is 17.4. The van der Waals surface area contributed by atoms with Gasteiger partial charge in [0.15, 0.2) is 0 Å². The van der Waals surface area contributed by atoms with Crippen molar-refractivity contribution in [1.29, 1.82) is 0 Å². The van der Waals surface area contributed by atoms with Gasteiger partial charge in [-0.25, -0.2) is 9.07 Å². The van der Waals surface area contributed by atoms with Gasteiger partial charge in [-0.15, -0.1) is 5.10 Å². The molecule has 25 heavy (non-hydrogen) atoms. The molecule has 0 spiro atoms. The first-order valence-corrected chi connectivity index (χ1v) is 8.44. The van der Waals surface area contributed by atoms with Crippen molar-refractivity contribution in [2.45, 2.75) is 13.3 Å². The summed E-state index contributed by atoms with van der Waals surface area (Å²) in [5.41, 5.74) is 4.83. The Balaban J connectivity index is 1.90. The van der Waals surface area contributed by atoms with Crippen LogP contribution in [0.4, 0.5) is 4.39 Å². The molecule has 1 aromatic heterocycles. The van der Waals surface area contributed by atoms with E-state index < -0.39 is 0 Å². The number of nitrogens with zero attached hydrogens (tertiary/aromatic N) is 3. The van der Waals surface area contributed by atoms with Crippen LogP contribution in [0.5, 0.6) is 0 Å². The Morgan fingerprint density at radius 3 is 2.68 bits per heavy atom. The number of hydrogen-bond acceptors (Lipinski definition) is 2. The second-order valence-electron chi connectivity index (χ2n) is 5.81. The zero-order valence-corrected chi connectivity index (χ0v) is 14.3. The fourth-order valence-electron chi connectivity index (χ4n) is 3.03. The quantitative estimate of drug-likeness (QED) is 0.492. The van der Waals surface area contributed by atoms with E-state index in [2.05, 4.69) is 10.3 Å². The fraction of sp³-hybridized carbons (Fsp3) is 0.100. The highest BCUT2D eigenvalue weighted by Gasteiger charge is 2.13. The van der Waals surface area contributed by atoms with E-state index in [0.717, 1.165) is 34.3 Å². The molecular weight excluding hydrogens is 337 g/mol. The molecule has 0 aliphatic heterocycles. The van der Waals surface area contributed by atoms with Gasteiger partial charge < -0.3 is 0 Å². The Hall–Kier alpha value is -2.72. The van der Waals surface area contributed by atoms with Crippen molar-refractivity contribution in [2.24, 2.45) is 0 Å². The van der Waals surface area contributed by atoms with Crippen LogP contribution in [0.25, 0.3) is 27.8 Å². The largest absolute Gasteiger partial charge is 0.213 e. The van der Waals surface area contributed by atoms with E-state index >= 15 is 0 Å². The summed E-state index contributed by atoms with van der Waals surface area (Å²) >= 11 is 6.08. The van der Waals surface area contributed by atoms with Crippen LogP contribution in [0, 0.1) is 5.82 Å². The lowest BCUT2D eigenvalue weighted by Crippen LogP contribution is -1.99. The molecule has 0 fully saturated rings. The van der Waals surface area contributed by atoms with Crippen molar-refractivity contribution in [3.8, 4) is 16.8 Å². The molecule has 0 bridgehead atoms. The van der Waals surface area contributed by atoms with Crippen LogP contribution in [0.2, 0.25) is 5.02 Å². The maximum Gasteiger partial charge on any atom is 0.131 e. The number of rotatable bonds is 3. The number of halogens is 2. The third-order valence-electron chi connectivity index (χ3n) is 4.28. The van der Waals surface area contributed by atoms with Gasteiger partial charge in [-0.2, -0.15) is 0 Å². The molecule has 0 saturated heterocycles. The molecule has 0 N–H and O–H groups in total. The highest BCUT2D eigenvalue weighted by molar-refractivity contribution is 6.30. The Kier molecular flexibility index (Phi) is 3.98. The lowest BCUT2D eigenvalue weighted by atomic mass is 9.97. The van der Waals surface area contributed by atoms with Crippen molar-refractivity contribution in [1.82, 2.24) is 15.0 Å². The Morgan fingerprint density at radius 2 is 1.84 bits per heavy atom. The minimum Gasteiger partial charge on any atom is -0.213 e. The summed E-state index contributed by atoms with van der Waals surface area (Å²) in [6.45, 7) is 2.03. The van der Waals surface area contributed by atoms with Crippen molar-refractivity contribution >= 4 is 22.6 Å². The van der Waals surface area contributed by atoms with Gasteiger partial charge in [0.25, 0.3) is 0 Å². The first kappa shape index (κ1) is 15.8. The van der Waals surface area contributed by atoms with Crippen LogP contribution in [-0.2, 0) is 6.42 Å². The zero-order valence-electron chi connectivity index (χ0n) is 13.6. The molecule has 0 amide bonds. The molecular formula is C20H15ClFN3. The Morgan fingerprint density at radius 1 is 1.00 bits per heavy atom. The number of benzene rings is 3. The molecule has 4 rings (SSSR count). The van der Waals surface area contributed by atoms with Gasteiger partial charge in [0.05, 0.1) is 11.2 Å². The first-order valence-electron chi connectivity index (χ1n) is 8.06. The lowest BCUT2D eigenvalue weighted by molar-refractivity contribution is 0.630. The van der Waals surface area contributed by atoms with Crippen molar-refractivity contribution in [3.63, 3.8) is 0 Å². The summed E-state index contributed by atoms with van der Waals surface area (Å²) in [7, 11) is 0. The number of fused-ring (bicyclic) bond motifs is 1. The van der Waals surface area contributed by atoms with E-state index in [9.17, 15) is 4.39 Å². The van der Waals surface area contributed by atoms with Gasteiger partial charge in [-0.1, -0.05) is 41.9 Å². The average Bonchev–Trinajstić information content (AvgIpc) is 3.06. The minimum absolute atomic E-state index is 0.273. The minimum atomic E-state index is -0.273. The number of para-hydroxylation sites is 1. The predicted molar refractivity (Wildman–Crippen MR) is 98.6 cm³/mol. The molecule has 3 aromatic carbocycles. The molecule has 3 nitrogen and oxygen atoms in total. The van der Waals surface area contributed by atoms with E-state index in [1.807, 2.05) is 43.3 Å². The molecule has 124 valence electrons. The summed E-state index contributed by atoms with van der Waals surface area (Å²) in [6.07, 6.45) is 0.770. The van der Waals surface area contributed by atoms with Crippen LogP contribution in [0.3, 0.4) is 0 Å². The van der Waals surface area contributed by atoms with Gasteiger partial charge in [0.2, 0.25) is 0 Å². The van der Waals surface area contributed by atoms with Crippen LogP contribution < -0.4 is 0 Å². The molecule has 0 saturated carbocycles. The van der Waals surface area contributed by atoms with E-state index in [1.165, 1.54) is 6.07 Å². The maximum absolute atomic E-state index is 14.5. The lowest BCUT2D eigenvalue weighted by Gasteiger charge is -2.12. The van der Waals surface area contributed by atoms with E-state index in [-0.39, 0.29) is 5.82 Å². The maximum atomic E-state index is 14.5. The van der Waals surface area contributed by atoms with Gasteiger partial charge >= 0.3 is 0 Å². The van der Waals surface area contributed by atoms with Crippen molar-refractivity contribution in [3.05, 3.63) is 77.1 Å². The average molecular weight is 352 g/mol. The van der Waals surface area contributed by atoms with Crippen molar-refractivity contribution < 1.29 is 4.39 Å². The first-order chi connectivity index (χ1) is 12.2. The fourth-order valence-corrected chi connectivity index (χ4v) is 3.22. The third-order valence-corrected chi connectivity index (χ3v) is 4.52. The summed E-state index contributed by atoms with van der Waals surface area (Å²) in [4.78, 5) is 0.